The Morgan fingerprint density at radius 2 is 1.43 bits per heavy atom. The first-order valence-electron chi connectivity index (χ1n) is 9.20. The van der Waals surface area contributed by atoms with Crippen molar-refractivity contribution in [2.75, 3.05) is 52.4 Å². The van der Waals surface area contributed by atoms with E-state index < -0.39 is 18.1 Å². The van der Waals surface area contributed by atoms with Gasteiger partial charge in [-0.3, -0.25) is 14.6 Å². The van der Waals surface area contributed by atoms with Crippen LogP contribution in [0.25, 0.3) is 0 Å². The van der Waals surface area contributed by atoms with Crippen molar-refractivity contribution in [2.24, 2.45) is 0 Å². The first-order valence-corrected chi connectivity index (χ1v) is 9.20. The molecule has 28 heavy (non-hydrogen) atoms. The Hall–Kier alpha value is -2.33. The number of hydrogen-bond acceptors (Lipinski definition) is 4. The van der Waals surface area contributed by atoms with Crippen LogP contribution in [0.2, 0.25) is 0 Å². The molecule has 0 radical (unpaired) electrons. The van der Waals surface area contributed by atoms with E-state index in [2.05, 4.69) is 32.6 Å². The number of piperazine rings is 1. The van der Waals surface area contributed by atoms with Gasteiger partial charge in [-0.25, -0.2) is 4.79 Å². The van der Waals surface area contributed by atoms with Gasteiger partial charge in [0.1, 0.15) is 0 Å². The van der Waals surface area contributed by atoms with Crippen molar-refractivity contribution in [3.8, 4) is 0 Å². The number of urea groups is 1. The van der Waals surface area contributed by atoms with Gasteiger partial charge in [0.25, 0.3) is 0 Å². The Balaban J connectivity index is 1.51. The molecule has 156 valence electrons. The second-order valence-corrected chi connectivity index (χ2v) is 6.54. The summed E-state index contributed by atoms with van der Waals surface area (Å²) in [5, 5.41) is 6.75. The van der Waals surface area contributed by atoms with E-state index in [1.165, 1.54) is 5.56 Å². The summed E-state index contributed by atoms with van der Waals surface area (Å²) in [6.07, 6.45) is -4.91. The van der Waals surface area contributed by atoms with E-state index in [1.54, 1.807) is 5.32 Å². The van der Waals surface area contributed by atoms with Gasteiger partial charge in [0.05, 0.1) is 0 Å². The monoisotopic (exact) mass is 401 g/mol. The molecule has 1 aromatic rings. The van der Waals surface area contributed by atoms with Crippen LogP contribution in [-0.2, 0) is 11.3 Å². The van der Waals surface area contributed by atoms with Crippen molar-refractivity contribution in [2.45, 2.75) is 12.7 Å². The summed E-state index contributed by atoms with van der Waals surface area (Å²) in [5.74, 6) is -2.01. The van der Waals surface area contributed by atoms with Crippen LogP contribution in [0.3, 0.4) is 0 Å². The van der Waals surface area contributed by atoms with Crippen LogP contribution in [-0.4, -0.2) is 80.3 Å². The molecular formula is C18H26F3N5O2. The summed E-state index contributed by atoms with van der Waals surface area (Å²) >= 11 is 0. The van der Waals surface area contributed by atoms with E-state index in [-0.39, 0.29) is 13.1 Å². The van der Waals surface area contributed by atoms with Crippen LogP contribution in [0.5, 0.6) is 0 Å². The molecule has 1 heterocycles. The zero-order valence-electron chi connectivity index (χ0n) is 15.6. The molecule has 0 atom stereocenters. The molecule has 0 unspecified atom stereocenters. The van der Waals surface area contributed by atoms with Gasteiger partial charge in [-0.15, -0.1) is 0 Å². The molecular weight excluding hydrogens is 375 g/mol. The zero-order chi connectivity index (χ0) is 20.4. The number of alkyl halides is 3. The van der Waals surface area contributed by atoms with E-state index in [9.17, 15) is 22.8 Å². The molecule has 1 aliphatic heterocycles. The number of hydrogen-bond donors (Lipinski definition) is 3. The van der Waals surface area contributed by atoms with E-state index >= 15 is 0 Å². The first kappa shape index (κ1) is 22.0. The van der Waals surface area contributed by atoms with E-state index in [0.717, 1.165) is 32.7 Å². The smallest absolute Gasteiger partial charge is 0.347 e. The number of carbonyl (C=O) groups is 2. The molecule has 0 bridgehead atoms. The van der Waals surface area contributed by atoms with E-state index in [4.69, 9.17) is 0 Å². The second-order valence-electron chi connectivity index (χ2n) is 6.54. The summed E-state index contributed by atoms with van der Waals surface area (Å²) in [6.45, 7) is 5.47. The van der Waals surface area contributed by atoms with Crippen LogP contribution in [0.15, 0.2) is 30.3 Å². The standard InChI is InChI=1S/C18H26F3N5O2/c19-18(20,21)16(27)22-6-7-23-17(28)24-8-9-25-10-12-26(13-11-25)14-15-4-2-1-3-5-15/h1-5H,6-14H2,(H,22,27)(H2,23,24,28). The average molecular weight is 401 g/mol. The van der Waals surface area contributed by atoms with Crippen molar-refractivity contribution < 1.29 is 22.8 Å². The first-order chi connectivity index (χ1) is 13.3. The molecule has 10 heteroatoms. The molecule has 0 aromatic heterocycles. The van der Waals surface area contributed by atoms with Crippen LogP contribution >= 0.6 is 0 Å². The summed E-state index contributed by atoms with van der Waals surface area (Å²) < 4.78 is 36.0. The Morgan fingerprint density at radius 1 is 0.857 bits per heavy atom. The predicted octanol–water partition coefficient (Wildman–Crippen LogP) is 0.782. The topological polar surface area (TPSA) is 76.7 Å². The average Bonchev–Trinajstić information content (AvgIpc) is 2.66. The fourth-order valence-corrected chi connectivity index (χ4v) is 2.85. The van der Waals surface area contributed by atoms with Gasteiger partial charge in [0.15, 0.2) is 0 Å². The number of nitrogens with zero attached hydrogens (tertiary/aromatic N) is 2. The maximum atomic E-state index is 12.0. The Kier molecular flexibility index (Phi) is 8.52. The lowest BCUT2D eigenvalue weighted by Gasteiger charge is -2.34. The lowest BCUT2D eigenvalue weighted by molar-refractivity contribution is -0.173. The molecule has 2 rings (SSSR count). The molecule has 3 amide bonds. The summed E-state index contributed by atoms with van der Waals surface area (Å²) in [4.78, 5) is 26.9. The second kappa shape index (κ2) is 10.9. The third-order valence-electron chi connectivity index (χ3n) is 4.38. The molecule has 3 N–H and O–H groups in total. The van der Waals surface area contributed by atoms with Crippen LogP contribution < -0.4 is 16.0 Å². The fourth-order valence-electron chi connectivity index (χ4n) is 2.85. The lowest BCUT2D eigenvalue weighted by atomic mass is 10.2. The van der Waals surface area contributed by atoms with Crippen LogP contribution in [0.1, 0.15) is 5.56 Å². The highest BCUT2D eigenvalue weighted by atomic mass is 19.4. The number of benzene rings is 1. The molecule has 0 saturated carbocycles. The van der Waals surface area contributed by atoms with Crippen molar-refractivity contribution in [3.63, 3.8) is 0 Å². The molecule has 1 aliphatic rings. The lowest BCUT2D eigenvalue weighted by Crippen LogP contribution is -2.49. The van der Waals surface area contributed by atoms with Crippen LogP contribution in [0.4, 0.5) is 18.0 Å². The van der Waals surface area contributed by atoms with Gasteiger partial charge in [0, 0.05) is 58.9 Å². The number of amides is 3. The largest absolute Gasteiger partial charge is 0.471 e. The van der Waals surface area contributed by atoms with Gasteiger partial charge < -0.3 is 16.0 Å². The van der Waals surface area contributed by atoms with Crippen molar-refractivity contribution in [3.05, 3.63) is 35.9 Å². The zero-order valence-corrected chi connectivity index (χ0v) is 15.6. The molecule has 0 spiro atoms. The Morgan fingerprint density at radius 3 is 2.07 bits per heavy atom. The third kappa shape index (κ3) is 8.13. The number of carbonyl (C=O) groups excluding carboxylic acids is 2. The maximum absolute atomic E-state index is 12.0. The maximum Gasteiger partial charge on any atom is 0.471 e. The van der Waals surface area contributed by atoms with Gasteiger partial charge >= 0.3 is 18.1 Å². The minimum absolute atomic E-state index is 0.0776. The van der Waals surface area contributed by atoms with Crippen molar-refractivity contribution in [1.82, 2.24) is 25.8 Å². The summed E-state index contributed by atoms with van der Waals surface area (Å²) in [5.41, 5.74) is 1.29. The summed E-state index contributed by atoms with van der Waals surface area (Å²) in [7, 11) is 0. The molecule has 7 nitrogen and oxygen atoms in total. The minimum atomic E-state index is -4.91. The fraction of sp³-hybridized carbons (Fsp3) is 0.556. The van der Waals surface area contributed by atoms with Gasteiger partial charge in [0.2, 0.25) is 0 Å². The van der Waals surface area contributed by atoms with Crippen LogP contribution in [0, 0.1) is 0 Å². The highest BCUT2D eigenvalue weighted by Crippen LogP contribution is 2.13. The number of halogens is 3. The third-order valence-corrected chi connectivity index (χ3v) is 4.38. The Bertz CT molecular complexity index is 619. The minimum Gasteiger partial charge on any atom is -0.347 e. The summed E-state index contributed by atoms with van der Waals surface area (Å²) in [6, 6.07) is 9.83. The van der Waals surface area contributed by atoms with Gasteiger partial charge in [-0.2, -0.15) is 13.2 Å². The van der Waals surface area contributed by atoms with Crippen molar-refractivity contribution in [1.29, 1.82) is 0 Å². The Labute approximate surface area is 162 Å². The van der Waals surface area contributed by atoms with E-state index in [0.29, 0.717) is 13.1 Å². The van der Waals surface area contributed by atoms with Gasteiger partial charge in [-0.05, 0) is 5.56 Å². The molecule has 0 aliphatic carbocycles. The molecule has 1 aromatic carbocycles. The molecule has 1 fully saturated rings. The number of rotatable bonds is 8. The van der Waals surface area contributed by atoms with Gasteiger partial charge in [-0.1, -0.05) is 30.3 Å². The highest BCUT2D eigenvalue weighted by molar-refractivity contribution is 5.81. The number of nitrogens with one attached hydrogen (secondary N) is 3. The quantitative estimate of drug-likeness (QED) is 0.563. The SMILES string of the molecule is O=C(NCCNC(=O)C(F)(F)F)NCCN1CCN(Cc2ccccc2)CC1. The highest BCUT2D eigenvalue weighted by Gasteiger charge is 2.38. The predicted molar refractivity (Wildman–Crippen MR) is 98.6 cm³/mol. The molecule has 1 saturated heterocycles. The van der Waals surface area contributed by atoms with Crippen molar-refractivity contribution >= 4 is 11.9 Å². The normalized spacial score (nSPS) is 15.8. The van der Waals surface area contributed by atoms with E-state index in [1.807, 2.05) is 18.2 Å².